The minimum atomic E-state index is 0.414. The maximum absolute atomic E-state index is 11.3. The maximum atomic E-state index is 11.3. The number of anilines is 1. The lowest BCUT2D eigenvalue weighted by molar-refractivity contribution is 1.08. The summed E-state index contributed by atoms with van der Waals surface area (Å²) in [5, 5.41) is 12.3. The Balaban J connectivity index is 2.55. The lowest BCUT2D eigenvalue weighted by atomic mass is 10.1. The van der Waals surface area contributed by atoms with Crippen LogP contribution in [0.3, 0.4) is 0 Å². The minimum absolute atomic E-state index is 0.414. The Kier molecular flexibility index (Phi) is 1.90. The fourth-order valence-electron chi connectivity index (χ4n) is 1.27. The lowest BCUT2D eigenvalue weighted by Gasteiger charge is -2.34. The Morgan fingerprint density at radius 2 is 2.08 bits per heavy atom. The molecule has 1 aliphatic heterocycles. The first-order valence-corrected chi connectivity index (χ1v) is 4.46. The fourth-order valence-corrected chi connectivity index (χ4v) is 1.75. The number of hydrogen-bond acceptors (Lipinski definition) is 2. The van der Waals surface area contributed by atoms with Gasteiger partial charge in [-0.2, -0.15) is 0 Å². The molecule has 1 aliphatic rings. The Bertz CT molecular complexity index is 335. The van der Waals surface area contributed by atoms with E-state index in [1.807, 2.05) is 30.3 Å². The molecule has 1 aromatic rings. The molecule has 1 aromatic carbocycles. The first-order valence-electron chi connectivity index (χ1n) is 3.67. The smallest absolute Gasteiger partial charge is 0.0382 e. The fraction of sp³-hybridized carbons (Fsp3) is 0.111. The van der Waals surface area contributed by atoms with Gasteiger partial charge in [-0.1, -0.05) is 34.1 Å². The van der Waals surface area contributed by atoms with Crippen LogP contribution < -0.4 is 5.06 Å². The van der Waals surface area contributed by atoms with Gasteiger partial charge in [-0.3, -0.25) is 0 Å². The van der Waals surface area contributed by atoms with Crippen molar-refractivity contribution in [2.24, 2.45) is 0 Å². The van der Waals surface area contributed by atoms with Gasteiger partial charge in [-0.15, -0.1) is 0 Å². The second kappa shape index (κ2) is 2.92. The summed E-state index contributed by atoms with van der Waals surface area (Å²) >= 11 is 3.32. The molecule has 12 heavy (non-hydrogen) atoms. The van der Waals surface area contributed by atoms with Crippen molar-refractivity contribution < 1.29 is 0 Å². The van der Waals surface area contributed by atoms with Gasteiger partial charge in [0.05, 0.1) is 0 Å². The van der Waals surface area contributed by atoms with Gasteiger partial charge in [0.2, 0.25) is 0 Å². The van der Waals surface area contributed by atoms with Crippen LogP contribution in [0.5, 0.6) is 0 Å². The molecule has 0 unspecified atom stereocenters. The first-order chi connectivity index (χ1) is 5.77. The summed E-state index contributed by atoms with van der Waals surface area (Å²) in [5.74, 6) is 0. The van der Waals surface area contributed by atoms with Gasteiger partial charge in [0.25, 0.3) is 0 Å². The zero-order chi connectivity index (χ0) is 8.55. The van der Waals surface area contributed by atoms with Gasteiger partial charge in [0, 0.05) is 16.7 Å². The van der Waals surface area contributed by atoms with E-state index in [0.29, 0.717) is 6.54 Å². The van der Waals surface area contributed by atoms with Crippen LogP contribution in [0.25, 0.3) is 6.08 Å². The Hall–Kier alpha value is -0.800. The number of benzene rings is 1. The highest BCUT2D eigenvalue weighted by atomic mass is 79.9. The number of hydrogen-bond donors (Lipinski definition) is 0. The topological polar surface area (TPSA) is 26.3 Å². The molecule has 0 saturated carbocycles. The molecule has 0 atom stereocenters. The molecule has 0 amide bonds. The summed E-state index contributed by atoms with van der Waals surface area (Å²) in [6, 6.07) is 7.56. The molecule has 0 bridgehead atoms. The molecule has 0 radical (unpaired) electrons. The Morgan fingerprint density at radius 1 is 1.33 bits per heavy atom. The highest BCUT2D eigenvalue weighted by Gasteiger charge is 2.08. The first kappa shape index (κ1) is 7.83. The number of fused-ring (bicyclic) bond motifs is 1. The van der Waals surface area contributed by atoms with Crippen LogP contribution in [-0.2, 0) is 0 Å². The molecule has 0 aliphatic carbocycles. The number of para-hydroxylation sites is 1. The van der Waals surface area contributed by atoms with Crippen molar-refractivity contribution in [3.63, 3.8) is 0 Å². The summed E-state index contributed by atoms with van der Waals surface area (Å²) in [7, 11) is 0. The number of hydroxylamine groups is 1. The van der Waals surface area contributed by atoms with E-state index in [9.17, 15) is 5.21 Å². The van der Waals surface area contributed by atoms with Crippen molar-refractivity contribution in [3.8, 4) is 0 Å². The zero-order valence-electron chi connectivity index (χ0n) is 6.33. The average Bonchev–Trinajstić information content (AvgIpc) is 2.04. The van der Waals surface area contributed by atoms with Crippen LogP contribution in [0, 0.1) is 5.21 Å². The highest BCUT2D eigenvalue weighted by Crippen LogP contribution is 2.29. The summed E-state index contributed by atoms with van der Waals surface area (Å²) in [6.45, 7) is 0.414. The van der Waals surface area contributed by atoms with E-state index in [1.54, 1.807) is 0 Å². The molecule has 62 valence electrons. The second-order valence-electron chi connectivity index (χ2n) is 2.69. The molecule has 0 N–H and O–H groups in total. The monoisotopic (exact) mass is 224 g/mol. The number of halogens is 1. The van der Waals surface area contributed by atoms with Crippen LogP contribution in [-0.4, -0.2) is 6.54 Å². The molecule has 1 heterocycles. The van der Waals surface area contributed by atoms with Crippen molar-refractivity contribution in [1.29, 1.82) is 0 Å². The second-order valence-corrected chi connectivity index (χ2v) is 3.71. The Morgan fingerprint density at radius 3 is 2.92 bits per heavy atom. The zero-order valence-corrected chi connectivity index (χ0v) is 7.91. The van der Waals surface area contributed by atoms with E-state index in [0.717, 1.165) is 20.8 Å². The van der Waals surface area contributed by atoms with Gasteiger partial charge in [0.1, 0.15) is 0 Å². The third-order valence-electron chi connectivity index (χ3n) is 1.81. The van der Waals surface area contributed by atoms with Gasteiger partial charge in [-0.05, 0) is 17.7 Å². The quantitative estimate of drug-likeness (QED) is 0.678. The summed E-state index contributed by atoms with van der Waals surface area (Å²) in [5.41, 5.74) is 1.73. The molecule has 0 fully saturated rings. The summed E-state index contributed by atoms with van der Waals surface area (Å²) < 4.78 is 0.927. The summed E-state index contributed by atoms with van der Waals surface area (Å²) in [6.07, 6.45) is 1.98. The van der Waals surface area contributed by atoms with E-state index in [4.69, 9.17) is 0 Å². The Labute approximate surface area is 79.2 Å². The van der Waals surface area contributed by atoms with Gasteiger partial charge < -0.3 is 10.3 Å². The van der Waals surface area contributed by atoms with Crippen molar-refractivity contribution >= 4 is 27.7 Å². The van der Waals surface area contributed by atoms with Crippen LogP contribution in [0.1, 0.15) is 5.56 Å². The number of nitrogens with zero attached hydrogens (tertiary/aromatic N) is 1. The third-order valence-corrected chi connectivity index (χ3v) is 2.29. The molecule has 0 spiro atoms. The molecule has 0 saturated heterocycles. The van der Waals surface area contributed by atoms with E-state index < -0.39 is 0 Å². The minimum Gasteiger partial charge on any atom is -0.758 e. The standard InChI is InChI=1S/C9H7BrNO/c10-8-5-7-3-1-2-4-9(7)11(12)6-8/h1-5H,6H2/q-1. The van der Waals surface area contributed by atoms with Crippen LogP contribution in [0.4, 0.5) is 5.69 Å². The van der Waals surface area contributed by atoms with Crippen LogP contribution in [0.15, 0.2) is 28.7 Å². The maximum Gasteiger partial charge on any atom is 0.0382 e. The largest absolute Gasteiger partial charge is 0.758 e. The van der Waals surface area contributed by atoms with Gasteiger partial charge in [0.15, 0.2) is 0 Å². The van der Waals surface area contributed by atoms with Gasteiger partial charge >= 0.3 is 0 Å². The number of rotatable bonds is 0. The van der Waals surface area contributed by atoms with E-state index in [1.165, 1.54) is 0 Å². The predicted octanol–water partition coefficient (Wildman–Crippen LogP) is 2.74. The third kappa shape index (κ3) is 1.26. The predicted molar refractivity (Wildman–Crippen MR) is 54.1 cm³/mol. The van der Waals surface area contributed by atoms with E-state index >= 15 is 0 Å². The summed E-state index contributed by atoms with van der Waals surface area (Å²) in [4.78, 5) is 0. The van der Waals surface area contributed by atoms with Crippen molar-refractivity contribution in [2.45, 2.75) is 0 Å². The molecular weight excluding hydrogens is 218 g/mol. The van der Waals surface area contributed by atoms with Gasteiger partial charge in [-0.25, -0.2) is 0 Å². The molecule has 0 aromatic heterocycles. The van der Waals surface area contributed by atoms with E-state index in [-0.39, 0.29) is 0 Å². The van der Waals surface area contributed by atoms with Crippen LogP contribution in [0.2, 0.25) is 0 Å². The SMILES string of the molecule is [O-]N1CC(Br)=Cc2ccccc21. The average molecular weight is 225 g/mol. The van der Waals surface area contributed by atoms with Crippen molar-refractivity contribution in [3.05, 3.63) is 39.5 Å². The molecule has 2 rings (SSSR count). The normalized spacial score (nSPS) is 15.5. The van der Waals surface area contributed by atoms with Crippen LogP contribution >= 0.6 is 15.9 Å². The molecule has 2 nitrogen and oxygen atoms in total. The molecule has 3 heteroatoms. The molecular formula is C9H7BrNO-. The van der Waals surface area contributed by atoms with E-state index in [2.05, 4.69) is 15.9 Å². The van der Waals surface area contributed by atoms with Crippen molar-refractivity contribution in [2.75, 3.05) is 11.6 Å². The van der Waals surface area contributed by atoms with Crippen molar-refractivity contribution in [1.82, 2.24) is 0 Å². The lowest BCUT2D eigenvalue weighted by Crippen LogP contribution is -2.19. The highest BCUT2D eigenvalue weighted by molar-refractivity contribution is 9.11.